The number of hydrogen-bond acceptors (Lipinski definition) is 10. The number of rotatable bonds is 15. The van der Waals surface area contributed by atoms with Crippen LogP contribution in [0.3, 0.4) is 0 Å². The minimum Gasteiger partial charge on any atom is -0.408 e. The van der Waals surface area contributed by atoms with E-state index in [1.165, 1.54) is 6.33 Å². The van der Waals surface area contributed by atoms with Gasteiger partial charge in [-0.2, -0.15) is 5.26 Å². The highest BCUT2D eigenvalue weighted by atomic mass is 31.2. The first-order chi connectivity index (χ1) is 28.7. The number of carbonyl (C=O) groups is 1. The van der Waals surface area contributed by atoms with Crippen LogP contribution in [0.1, 0.15) is 60.5 Å². The smallest absolute Gasteiger partial charge is 0.329 e. The summed E-state index contributed by atoms with van der Waals surface area (Å²) in [6.45, 7) is 10.5. The highest BCUT2D eigenvalue weighted by Gasteiger charge is 2.54. The zero-order valence-electron chi connectivity index (χ0n) is 34.3. The Labute approximate surface area is 351 Å². The van der Waals surface area contributed by atoms with Crippen molar-refractivity contribution in [1.29, 1.82) is 5.26 Å². The minimum absolute atomic E-state index is 0.149. The van der Waals surface area contributed by atoms with Crippen molar-refractivity contribution < 1.29 is 27.9 Å². The number of carbonyl (C=O) groups excluding carboxylic acids is 1. The lowest BCUT2D eigenvalue weighted by Gasteiger charge is -2.44. The molecule has 13 nitrogen and oxygen atoms in total. The number of aromatic nitrogens is 4. The van der Waals surface area contributed by atoms with Gasteiger partial charge in [-0.15, -0.1) is 0 Å². The lowest BCUT2D eigenvalue weighted by molar-refractivity contribution is -0.0442. The summed E-state index contributed by atoms with van der Waals surface area (Å²) in [5.41, 5.74) is 3.00. The lowest BCUT2D eigenvalue weighted by atomic mass is 9.76. The number of hydrogen-bond donors (Lipinski definition) is 3. The summed E-state index contributed by atoms with van der Waals surface area (Å²) >= 11 is 0. The zero-order chi connectivity index (χ0) is 42.5. The second-order valence-electron chi connectivity index (χ2n) is 16.4. The van der Waals surface area contributed by atoms with Gasteiger partial charge in [0.15, 0.2) is 31.5 Å². The van der Waals surface area contributed by atoms with E-state index in [2.05, 4.69) is 90.9 Å². The maximum Gasteiger partial charge on any atom is 0.329 e. The average Bonchev–Trinajstić information content (AvgIpc) is 3.83. The van der Waals surface area contributed by atoms with Crippen LogP contribution >= 0.6 is 7.60 Å². The third-order valence-electron chi connectivity index (χ3n) is 11.4. The van der Waals surface area contributed by atoms with Gasteiger partial charge in [0.1, 0.15) is 18.5 Å². The number of benzene rings is 4. The largest absolute Gasteiger partial charge is 0.408 e. The molecular weight excluding hydrogens is 794 g/mol. The van der Waals surface area contributed by atoms with Crippen molar-refractivity contribution in [2.75, 3.05) is 18.1 Å². The van der Waals surface area contributed by atoms with Gasteiger partial charge >= 0.3 is 7.60 Å². The van der Waals surface area contributed by atoms with Gasteiger partial charge in [-0.3, -0.25) is 19.2 Å². The molecule has 3 heterocycles. The fourth-order valence-electron chi connectivity index (χ4n) is 7.33. The molecule has 1 unspecified atom stereocenters. The van der Waals surface area contributed by atoms with Gasteiger partial charge in [-0.05, 0) is 47.0 Å². The Balaban J connectivity index is 1.41. The predicted molar refractivity (Wildman–Crippen MR) is 233 cm³/mol. The third-order valence-corrected chi connectivity index (χ3v) is 17.3. The minimum atomic E-state index is -4.21. The molecule has 0 saturated carbocycles. The fraction of sp³-hybridized carbons (Fsp3) is 0.311. The Kier molecular flexibility index (Phi) is 12.6. The number of amides is 1. The van der Waals surface area contributed by atoms with Crippen LogP contribution in [0.5, 0.6) is 0 Å². The van der Waals surface area contributed by atoms with E-state index in [1.807, 2.05) is 66.7 Å². The molecule has 3 N–H and O–H groups in total. The topological polar surface area (TPSA) is 174 Å². The van der Waals surface area contributed by atoms with Crippen LogP contribution in [0, 0.1) is 11.3 Å². The molecule has 6 aromatic rings. The molecule has 1 fully saturated rings. The normalized spacial score (nSPS) is 19.4. The van der Waals surface area contributed by atoms with E-state index in [1.54, 1.807) is 35.2 Å². The lowest BCUT2D eigenvalue weighted by Crippen LogP contribution is -2.59. The maximum absolute atomic E-state index is 13.4. The van der Waals surface area contributed by atoms with E-state index in [4.69, 9.17) is 18.7 Å². The molecule has 1 aliphatic rings. The van der Waals surface area contributed by atoms with Gasteiger partial charge in [0.2, 0.25) is 0 Å². The third kappa shape index (κ3) is 8.89. The first-order valence-electron chi connectivity index (χ1n) is 19.9. The number of nitriles is 1. The molecule has 15 heteroatoms. The van der Waals surface area contributed by atoms with Gasteiger partial charge in [0.25, 0.3) is 5.91 Å². The predicted octanol–water partition coefficient (Wildman–Crippen LogP) is 8.43. The van der Waals surface area contributed by atoms with Gasteiger partial charge in [-0.25, -0.2) is 15.0 Å². The summed E-state index contributed by atoms with van der Waals surface area (Å²) in [6, 6.07) is 40.4. The molecule has 0 aliphatic carbocycles. The summed E-state index contributed by atoms with van der Waals surface area (Å²) in [5, 5.41) is 16.0. The first-order valence-corrected chi connectivity index (χ1v) is 24.6. The van der Waals surface area contributed by atoms with Gasteiger partial charge in [0, 0.05) is 12.0 Å². The van der Waals surface area contributed by atoms with E-state index in [-0.39, 0.29) is 36.0 Å². The van der Waals surface area contributed by atoms with E-state index >= 15 is 0 Å². The second kappa shape index (κ2) is 17.7. The van der Waals surface area contributed by atoms with Crippen molar-refractivity contribution in [3.8, 4) is 6.07 Å². The van der Waals surface area contributed by atoms with Crippen LogP contribution in [0.15, 0.2) is 134 Å². The van der Waals surface area contributed by atoms with Crippen molar-refractivity contribution in [3.05, 3.63) is 156 Å². The van der Waals surface area contributed by atoms with Crippen LogP contribution in [0.2, 0.25) is 18.1 Å². The van der Waals surface area contributed by atoms with E-state index in [9.17, 15) is 19.5 Å². The van der Waals surface area contributed by atoms with Crippen LogP contribution in [-0.2, 0) is 23.8 Å². The molecule has 2 aromatic heterocycles. The molecule has 1 saturated heterocycles. The number of ether oxygens (including phenoxy) is 1. The molecule has 310 valence electrons. The quantitative estimate of drug-likeness (QED) is 0.0515. The Hall–Kier alpha value is -5.36. The van der Waals surface area contributed by atoms with Crippen molar-refractivity contribution >= 4 is 38.8 Å². The maximum atomic E-state index is 13.4. The SMILES string of the molecule is CC(C)(C)[Si](C)(C)O[C@@H]1[C@H](NC(c2ccccc2)(c2ccccc2)c2ccccc2)[C@@H](COP(=O)(O)CCC#N)O[C@H]1n1cnc2c(NC(=O)c3ccccc3)ncnc21. The molecule has 7 rings (SSSR count). The summed E-state index contributed by atoms with van der Waals surface area (Å²) in [6.07, 6.45) is -0.0825. The first kappa shape index (κ1) is 42.8. The van der Waals surface area contributed by atoms with Crippen LogP contribution in [-0.4, -0.2) is 69.7 Å². The summed E-state index contributed by atoms with van der Waals surface area (Å²) in [7, 11) is -6.86. The molecule has 0 bridgehead atoms. The standard InChI is InChI=1S/C45H50N7O6PSi/c1-44(2,3)60(4,5)58-39-37(51-45(33-21-12-7-13-22-33,34-23-14-8-15-24-34)35-25-16-9-17-26-35)36(29-56-59(54,55)28-18-27-46)57-43(39)52-31-49-38-40(47-30-48-41(38)52)50-42(53)32-19-10-6-11-20-32/h6-17,19-26,30-31,36-37,39,43,51H,18,28-29H2,1-5H3,(H,54,55)(H,47,48,50,53)/t36-,37-,39-,43-/m1/s1. The van der Waals surface area contributed by atoms with Crippen LogP contribution < -0.4 is 10.6 Å². The van der Waals surface area contributed by atoms with E-state index < -0.39 is 45.9 Å². The van der Waals surface area contributed by atoms with Crippen molar-refractivity contribution in [3.63, 3.8) is 0 Å². The van der Waals surface area contributed by atoms with Gasteiger partial charge in [-0.1, -0.05) is 130 Å². The fourth-order valence-corrected chi connectivity index (χ4v) is 9.52. The molecule has 1 amide bonds. The average molecular weight is 844 g/mol. The van der Waals surface area contributed by atoms with Crippen LogP contribution in [0.4, 0.5) is 5.82 Å². The Bertz CT molecular complexity index is 2380. The molecule has 0 radical (unpaired) electrons. The van der Waals surface area contributed by atoms with Crippen molar-refractivity contribution in [1.82, 2.24) is 24.8 Å². The van der Waals surface area contributed by atoms with E-state index in [0.29, 0.717) is 16.7 Å². The second-order valence-corrected chi connectivity index (χ2v) is 23.1. The summed E-state index contributed by atoms with van der Waals surface area (Å²) in [4.78, 5) is 37.9. The monoisotopic (exact) mass is 843 g/mol. The number of nitrogens with zero attached hydrogens (tertiary/aromatic N) is 5. The molecule has 60 heavy (non-hydrogen) atoms. The molecule has 4 aromatic carbocycles. The van der Waals surface area contributed by atoms with Crippen LogP contribution in [0.25, 0.3) is 11.2 Å². The zero-order valence-corrected chi connectivity index (χ0v) is 36.2. The van der Waals surface area contributed by atoms with Gasteiger partial charge in [0.05, 0.1) is 36.7 Å². The Morgan fingerprint density at radius 3 is 1.97 bits per heavy atom. The summed E-state index contributed by atoms with van der Waals surface area (Å²) < 4.78 is 35.4. The molecular formula is C45H50N7O6PSi. The number of fused-ring (bicyclic) bond motifs is 1. The highest BCUT2D eigenvalue weighted by Crippen LogP contribution is 2.48. The molecule has 5 atom stereocenters. The molecule has 0 spiro atoms. The van der Waals surface area contributed by atoms with Crippen molar-refractivity contribution in [2.45, 2.75) is 75.3 Å². The Morgan fingerprint density at radius 2 is 1.43 bits per heavy atom. The number of anilines is 1. The van der Waals surface area contributed by atoms with Gasteiger partial charge < -0.3 is 23.9 Å². The molecule has 1 aliphatic heterocycles. The van der Waals surface area contributed by atoms with E-state index in [0.717, 1.165) is 16.7 Å². The number of imidazole rings is 1. The van der Waals surface area contributed by atoms with Crippen molar-refractivity contribution in [2.24, 2.45) is 0 Å². The Morgan fingerprint density at radius 1 is 0.883 bits per heavy atom. The number of nitrogens with one attached hydrogen (secondary N) is 2. The summed E-state index contributed by atoms with van der Waals surface area (Å²) in [5.74, 6) is -0.135. The highest BCUT2D eigenvalue weighted by molar-refractivity contribution is 7.52.